The Morgan fingerprint density at radius 1 is 1.25 bits per heavy atom. The molecule has 2 N–H and O–H groups in total. The van der Waals surface area contributed by atoms with Crippen molar-refractivity contribution in [2.75, 3.05) is 18.8 Å². The van der Waals surface area contributed by atoms with Crippen LogP contribution in [-0.4, -0.2) is 42.1 Å². The molecule has 1 heterocycles. The molecule has 1 atom stereocenters. The first kappa shape index (κ1) is 18.5. The van der Waals surface area contributed by atoms with Gasteiger partial charge in [-0.15, -0.1) is 0 Å². The van der Waals surface area contributed by atoms with E-state index in [0.29, 0.717) is 18.7 Å². The van der Waals surface area contributed by atoms with Crippen LogP contribution in [0.5, 0.6) is 0 Å². The molecule has 1 aliphatic rings. The number of thioether (sulfide) groups is 1. The van der Waals surface area contributed by atoms with Crippen molar-refractivity contribution < 1.29 is 19.1 Å². The van der Waals surface area contributed by atoms with Gasteiger partial charge in [0.15, 0.2) is 0 Å². The molecule has 0 radical (unpaired) electrons. The van der Waals surface area contributed by atoms with Crippen LogP contribution in [0.3, 0.4) is 0 Å². The number of carbonyl (C=O) groups is 3. The number of amides is 1. The smallest absolute Gasteiger partial charge is 0.330 e. The highest BCUT2D eigenvalue weighted by atomic mass is 32.2. The van der Waals surface area contributed by atoms with Crippen LogP contribution < -0.4 is 10.6 Å². The molecule has 1 aliphatic heterocycles. The Morgan fingerprint density at radius 2 is 2.04 bits per heavy atom. The van der Waals surface area contributed by atoms with Crippen LogP contribution >= 0.6 is 11.8 Å². The molecule has 0 spiro atoms. The molecule has 24 heavy (non-hydrogen) atoms. The summed E-state index contributed by atoms with van der Waals surface area (Å²) >= 11 is 1.02. The van der Waals surface area contributed by atoms with E-state index < -0.39 is 11.9 Å². The van der Waals surface area contributed by atoms with E-state index in [1.165, 1.54) is 0 Å². The summed E-state index contributed by atoms with van der Waals surface area (Å²) in [7, 11) is 0. The molecule has 1 saturated heterocycles. The molecule has 0 saturated carbocycles. The van der Waals surface area contributed by atoms with E-state index in [9.17, 15) is 14.4 Å². The van der Waals surface area contributed by atoms with Crippen molar-refractivity contribution >= 4 is 28.9 Å². The Hall–Kier alpha value is -1.86. The summed E-state index contributed by atoms with van der Waals surface area (Å²) in [5, 5.41) is 5.58. The van der Waals surface area contributed by atoms with E-state index in [1.807, 2.05) is 30.3 Å². The first-order chi connectivity index (χ1) is 11.6. The average Bonchev–Trinajstić information content (AvgIpc) is 3.10. The number of hydrogen-bond donors (Lipinski definition) is 2. The fourth-order valence-electron chi connectivity index (χ4n) is 2.35. The van der Waals surface area contributed by atoms with Crippen LogP contribution in [0.2, 0.25) is 0 Å². The lowest BCUT2D eigenvalue weighted by Crippen LogP contribution is -2.33. The van der Waals surface area contributed by atoms with Crippen LogP contribution in [0.15, 0.2) is 30.3 Å². The van der Waals surface area contributed by atoms with Gasteiger partial charge in [-0.3, -0.25) is 9.59 Å². The van der Waals surface area contributed by atoms with Crippen molar-refractivity contribution in [3.8, 4) is 0 Å². The number of carbonyl (C=O) groups excluding carboxylic acids is 3. The molecule has 0 bridgehead atoms. The Balaban J connectivity index is 1.53. The maximum absolute atomic E-state index is 11.7. The lowest BCUT2D eigenvalue weighted by Gasteiger charge is -2.08. The molecular formula is C17H22N2O4S. The Morgan fingerprint density at radius 3 is 2.75 bits per heavy atom. The van der Waals surface area contributed by atoms with Crippen molar-refractivity contribution in [1.29, 1.82) is 0 Å². The molecule has 0 unspecified atom stereocenters. The van der Waals surface area contributed by atoms with Gasteiger partial charge in [0.25, 0.3) is 5.24 Å². The Kier molecular flexibility index (Phi) is 7.77. The summed E-state index contributed by atoms with van der Waals surface area (Å²) in [5.41, 5.74) is 1.16. The third kappa shape index (κ3) is 6.72. The van der Waals surface area contributed by atoms with Gasteiger partial charge in [-0.2, -0.15) is 0 Å². The highest BCUT2D eigenvalue weighted by molar-refractivity contribution is 8.13. The van der Waals surface area contributed by atoms with Gasteiger partial charge in [-0.1, -0.05) is 42.1 Å². The molecule has 0 aromatic heterocycles. The molecule has 0 aliphatic carbocycles. The second-order valence-electron chi connectivity index (χ2n) is 5.49. The third-order valence-electron chi connectivity index (χ3n) is 3.62. The Bertz CT molecular complexity index is 559. The van der Waals surface area contributed by atoms with Crippen molar-refractivity contribution in [3.05, 3.63) is 35.9 Å². The number of esters is 2. The lowest BCUT2D eigenvalue weighted by atomic mass is 10.2. The topological polar surface area (TPSA) is 84.5 Å². The molecule has 130 valence electrons. The van der Waals surface area contributed by atoms with Crippen molar-refractivity contribution in [2.24, 2.45) is 0 Å². The molecule has 6 nitrogen and oxygen atoms in total. The minimum Gasteiger partial charge on any atom is -0.392 e. The Labute approximate surface area is 145 Å². The molecule has 1 fully saturated rings. The fourth-order valence-corrected chi connectivity index (χ4v) is 3.01. The number of ether oxygens (including phenoxy) is 1. The van der Waals surface area contributed by atoms with Crippen LogP contribution in [0, 0.1) is 0 Å². The van der Waals surface area contributed by atoms with E-state index in [1.54, 1.807) is 0 Å². The van der Waals surface area contributed by atoms with Gasteiger partial charge < -0.3 is 15.4 Å². The summed E-state index contributed by atoms with van der Waals surface area (Å²) < 4.78 is 4.77. The fraction of sp³-hybridized carbons (Fsp3) is 0.471. The predicted octanol–water partition coefficient (Wildman–Crippen LogP) is 1.88. The highest BCUT2D eigenvalue weighted by Gasteiger charge is 2.25. The molecule has 2 rings (SSSR count). The van der Waals surface area contributed by atoms with Crippen molar-refractivity contribution in [2.45, 2.75) is 31.7 Å². The quantitative estimate of drug-likeness (QED) is 0.577. The van der Waals surface area contributed by atoms with Gasteiger partial charge in [0, 0.05) is 12.3 Å². The standard InChI is InChI=1S/C17H22N2O4S/c20-15(23-16(21)14-7-4-10-18-14)9-12-24-17(22)19-11-8-13-5-2-1-3-6-13/h1-3,5-6,14,18H,4,7-12H2,(H,19,22)/t14-/m0/s1. The first-order valence-corrected chi connectivity index (χ1v) is 9.06. The molecule has 1 aromatic carbocycles. The molecular weight excluding hydrogens is 328 g/mol. The summed E-state index contributed by atoms with van der Waals surface area (Å²) in [6.07, 6.45) is 2.41. The number of rotatable bonds is 7. The number of benzene rings is 1. The number of hydrogen-bond acceptors (Lipinski definition) is 6. The van der Waals surface area contributed by atoms with Gasteiger partial charge in [0.05, 0.1) is 6.42 Å². The SMILES string of the molecule is O=C(CCSC(=O)NCCc1ccccc1)OC(=O)[C@@H]1CCCN1. The predicted molar refractivity (Wildman–Crippen MR) is 92.7 cm³/mol. The van der Waals surface area contributed by atoms with Gasteiger partial charge in [0.1, 0.15) is 6.04 Å². The first-order valence-electron chi connectivity index (χ1n) is 8.07. The molecule has 1 amide bonds. The van der Waals surface area contributed by atoms with Crippen molar-refractivity contribution in [3.63, 3.8) is 0 Å². The monoisotopic (exact) mass is 350 g/mol. The maximum atomic E-state index is 11.7. The van der Waals surface area contributed by atoms with E-state index >= 15 is 0 Å². The normalized spacial score (nSPS) is 16.6. The molecule has 7 heteroatoms. The van der Waals surface area contributed by atoms with E-state index in [4.69, 9.17) is 4.74 Å². The van der Waals surface area contributed by atoms with Gasteiger partial charge in [-0.25, -0.2) is 4.79 Å². The minimum atomic E-state index is -0.585. The zero-order chi connectivity index (χ0) is 17.2. The van der Waals surface area contributed by atoms with Crippen molar-refractivity contribution in [1.82, 2.24) is 10.6 Å². The third-order valence-corrected chi connectivity index (χ3v) is 4.44. The van der Waals surface area contributed by atoms with Crippen LogP contribution in [0.4, 0.5) is 4.79 Å². The van der Waals surface area contributed by atoms with Crippen LogP contribution in [0.25, 0.3) is 0 Å². The summed E-state index contributed by atoms with van der Waals surface area (Å²) in [6, 6.07) is 9.50. The lowest BCUT2D eigenvalue weighted by molar-refractivity contribution is -0.160. The van der Waals surface area contributed by atoms with Gasteiger partial charge in [0.2, 0.25) is 0 Å². The number of nitrogens with one attached hydrogen (secondary N) is 2. The molecule has 1 aromatic rings. The summed E-state index contributed by atoms with van der Waals surface area (Å²) in [5.74, 6) is -0.811. The summed E-state index contributed by atoms with van der Waals surface area (Å²) in [4.78, 5) is 34.9. The van der Waals surface area contributed by atoms with Crippen LogP contribution in [-0.2, 0) is 20.7 Å². The average molecular weight is 350 g/mol. The minimum absolute atomic E-state index is 0.0369. The zero-order valence-corrected chi connectivity index (χ0v) is 14.3. The van der Waals surface area contributed by atoms with Crippen LogP contribution in [0.1, 0.15) is 24.8 Å². The zero-order valence-electron chi connectivity index (χ0n) is 13.5. The second kappa shape index (κ2) is 10.1. The van der Waals surface area contributed by atoms with E-state index in [-0.39, 0.29) is 17.7 Å². The summed E-state index contributed by atoms with van der Waals surface area (Å²) in [6.45, 7) is 1.32. The second-order valence-corrected chi connectivity index (χ2v) is 6.56. The van der Waals surface area contributed by atoms with E-state index in [0.717, 1.165) is 36.7 Å². The maximum Gasteiger partial charge on any atom is 0.330 e. The van der Waals surface area contributed by atoms with Gasteiger partial charge in [-0.05, 0) is 31.4 Å². The van der Waals surface area contributed by atoms with Gasteiger partial charge >= 0.3 is 11.9 Å². The largest absolute Gasteiger partial charge is 0.392 e. The highest BCUT2D eigenvalue weighted by Crippen LogP contribution is 2.09. The van der Waals surface area contributed by atoms with E-state index in [2.05, 4.69) is 10.6 Å².